The molecule has 5 heteroatoms. The number of amidine groups is 1. The second kappa shape index (κ2) is 6.95. The number of nitrogens with one attached hydrogen (secondary N) is 1. The molecule has 1 saturated carbocycles. The summed E-state index contributed by atoms with van der Waals surface area (Å²) in [7, 11) is 0. The van der Waals surface area contributed by atoms with Crippen molar-refractivity contribution < 1.29 is 10.3 Å². The zero-order chi connectivity index (χ0) is 13.6. The molecule has 0 radical (unpaired) electrons. The Morgan fingerprint density at radius 3 is 2.61 bits per heavy atom. The average molecular weight is 257 g/mol. The third-order valence-corrected chi connectivity index (χ3v) is 4.14. The van der Waals surface area contributed by atoms with Crippen molar-refractivity contribution in [2.45, 2.75) is 51.6 Å². The maximum absolute atomic E-state index is 10.4. The minimum absolute atomic E-state index is 0.0226. The number of oxime groups is 1. The highest BCUT2D eigenvalue weighted by molar-refractivity contribution is 5.82. The first-order valence-electron chi connectivity index (χ1n) is 6.91. The normalized spacial score (nSPS) is 31.3. The van der Waals surface area contributed by atoms with Crippen LogP contribution in [0.5, 0.6) is 0 Å². The first kappa shape index (κ1) is 15.2. The average Bonchev–Trinajstić information content (AvgIpc) is 2.38. The molecule has 0 aromatic heterocycles. The van der Waals surface area contributed by atoms with Crippen LogP contribution in [0.25, 0.3) is 0 Å². The molecule has 0 spiro atoms. The Bertz CT molecular complexity index is 273. The molecule has 1 aliphatic carbocycles. The molecule has 0 aromatic carbocycles. The fourth-order valence-corrected chi connectivity index (χ4v) is 2.52. The van der Waals surface area contributed by atoms with E-state index >= 15 is 0 Å². The van der Waals surface area contributed by atoms with Crippen LogP contribution >= 0.6 is 0 Å². The third-order valence-electron chi connectivity index (χ3n) is 4.14. The molecule has 0 aromatic rings. The van der Waals surface area contributed by atoms with Gasteiger partial charge < -0.3 is 21.4 Å². The lowest BCUT2D eigenvalue weighted by Crippen LogP contribution is -2.45. The molecule has 106 valence electrons. The van der Waals surface area contributed by atoms with E-state index in [0.717, 1.165) is 31.6 Å². The Morgan fingerprint density at radius 2 is 2.11 bits per heavy atom. The van der Waals surface area contributed by atoms with Gasteiger partial charge in [0.1, 0.15) is 5.84 Å². The highest BCUT2D eigenvalue weighted by Crippen LogP contribution is 2.33. The van der Waals surface area contributed by atoms with E-state index in [1.807, 2.05) is 6.92 Å². The van der Waals surface area contributed by atoms with Crippen LogP contribution < -0.4 is 11.1 Å². The first-order chi connectivity index (χ1) is 8.50. The summed E-state index contributed by atoms with van der Waals surface area (Å²) in [5.41, 5.74) is 4.93. The van der Waals surface area contributed by atoms with E-state index in [0.29, 0.717) is 13.1 Å². The van der Waals surface area contributed by atoms with Gasteiger partial charge in [-0.2, -0.15) is 0 Å². The molecule has 18 heavy (non-hydrogen) atoms. The number of hydrogen-bond acceptors (Lipinski definition) is 4. The minimum atomic E-state index is -0.573. The Hall–Kier alpha value is -0.810. The minimum Gasteiger partial charge on any atom is -0.409 e. The first-order valence-corrected chi connectivity index (χ1v) is 6.91. The van der Waals surface area contributed by atoms with E-state index < -0.39 is 5.60 Å². The van der Waals surface area contributed by atoms with Crippen molar-refractivity contribution in [3.05, 3.63) is 0 Å². The quantitative estimate of drug-likeness (QED) is 0.250. The van der Waals surface area contributed by atoms with Gasteiger partial charge in [0.2, 0.25) is 0 Å². The van der Waals surface area contributed by atoms with Crippen LogP contribution in [0.4, 0.5) is 0 Å². The summed E-state index contributed by atoms with van der Waals surface area (Å²) >= 11 is 0. The highest BCUT2D eigenvalue weighted by atomic mass is 16.4. The van der Waals surface area contributed by atoms with Crippen molar-refractivity contribution in [3.63, 3.8) is 0 Å². The maximum Gasteiger partial charge on any atom is 0.143 e. The Morgan fingerprint density at radius 1 is 1.50 bits per heavy atom. The summed E-state index contributed by atoms with van der Waals surface area (Å²) < 4.78 is 0. The van der Waals surface area contributed by atoms with Gasteiger partial charge >= 0.3 is 0 Å². The van der Waals surface area contributed by atoms with Crippen LogP contribution in [0.1, 0.15) is 46.0 Å². The molecular formula is C13H27N3O2. The summed E-state index contributed by atoms with van der Waals surface area (Å²) in [5, 5.41) is 25.2. The number of rotatable bonds is 6. The molecule has 5 nitrogen and oxygen atoms in total. The van der Waals surface area contributed by atoms with Gasteiger partial charge in [-0.25, -0.2) is 0 Å². The molecule has 0 aliphatic heterocycles. The van der Waals surface area contributed by atoms with E-state index in [2.05, 4.69) is 17.4 Å². The van der Waals surface area contributed by atoms with Crippen molar-refractivity contribution in [2.24, 2.45) is 22.7 Å². The van der Waals surface area contributed by atoms with Gasteiger partial charge in [-0.15, -0.1) is 0 Å². The number of nitrogens with zero attached hydrogens (tertiary/aromatic N) is 1. The molecule has 1 aliphatic rings. The predicted molar refractivity (Wildman–Crippen MR) is 72.6 cm³/mol. The molecule has 1 rings (SSSR count). The monoisotopic (exact) mass is 257 g/mol. The molecule has 5 N–H and O–H groups in total. The van der Waals surface area contributed by atoms with E-state index in [1.54, 1.807) is 0 Å². The third kappa shape index (κ3) is 4.46. The van der Waals surface area contributed by atoms with Gasteiger partial charge in [-0.1, -0.05) is 25.4 Å². The highest BCUT2D eigenvalue weighted by Gasteiger charge is 2.32. The second-order valence-electron chi connectivity index (χ2n) is 5.63. The smallest absolute Gasteiger partial charge is 0.143 e. The zero-order valence-corrected chi connectivity index (χ0v) is 11.5. The van der Waals surface area contributed by atoms with Crippen molar-refractivity contribution in [1.29, 1.82) is 0 Å². The Kier molecular flexibility index (Phi) is 5.88. The maximum atomic E-state index is 10.4. The van der Waals surface area contributed by atoms with E-state index in [9.17, 15) is 5.11 Å². The lowest BCUT2D eigenvalue weighted by Gasteiger charge is -2.36. The van der Waals surface area contributed by atoms with Gasteiger partial charge in [0, 0.05) is 19.0 Å². The van der Waals surface area contributed by atoms with E-state index in [-0.39, 0.29) is 11.8 Å². The van der Waals surface area contributed by atoms with Gasteiger partial charge in [0.15, 0.2) is 0 Å². The lowest BCUT2D eigenvalue weighted by molar-refractivity contribution is -0.00868. The molecule has 0 saturated heterocycles. The van der Waals surface area contributed by atoms with Crippen LogP contribution in [-0.4, -0.2) is 34.8 Å². The van der Waals surface area contributed by atoms with E-state index in [1.165, 1.54) is 6.42 Å². The molecule has 0 bridgehead atoms. The summed E-state index contributed by atoms with van der Waals surface area (Å²) in [6.45, 7) is 5.31. The molecule has 1 fully saturated rings. The van der Waals surface area contributed by atoms with Gasteiger partial charge in [-0.05, 0) is 31.6 Å². The van der Waals surface area contributed by atoms with Gasteiger partial charge in [0.05, 0.1) is 5.60 Å². The van der Waals surface area contributed by atoms with Crippen LogP contribution in [0.15, 0.2) is 5.16 Å². The summed E-state index contributed by atoms with van der Waals surface area (Å²) in [6.07, 6.45) is 5.19. The summed E-state index contributed by atoms with van der Waals surface area (Å²) in [5.74, 6) is 0.983. The van der Waals surface area contributed by atoms with Crippen molar-refractivity contribution in [2.75, 3.05) is 13.1 Å². The van der Waals surface area contributed by atoms with Crippen LogP contribution in [-0.2, 0) is 0 Å². The summed E-state index contributed by atoms with van der Waals surface area (Å²) in [6, 6.07) is 0. The molecule has 1 atom stereocenters. The standard InChI is InChI=1S/C13H27N3O2/c1-3-11-4-6-13(17,7-5-11)9-15-8-10(2)12(14)16-18/h10-11,15,17-18H,3-9H2,1-2H3,(H2,14,16). The fourth-order valence-electron chi connectivity index (χ4n) is 2.52. The SMILES string of the molecule is CCC1CCC(O)(CNCC(C)C(N)=NO)CC1. The summed E-state index contributed by atoms with van der Waals surface area (Å²) in [4.78, 5) is 0. The van der Waals surface area contributed by atoms with Crippen LogP contribution in [0, 0.1) is 11.8 Å². The molecule has 0 heterocycles. The Balaban J connectivity index is 2.27. The molecule has 1 unspecified atom stereocenters. The van der Waals surface area contributed by atoms with Crippen molar-refractivity contribution in [3.8, 4) is 0 Å². The fraction of sp³-hybridized carbons (Fsp3) is 0.923. The van der Waals surface area contributed by atoms with Gasteiger partial charge in [-0.3, -0.25) is 0 Å². The number of nitrogens with two attached hydrogens (primary N) is 1. The van der Waals surface area contributed by atoms with Crippen LogP contribution in [0.3, 0.4) is 0 Å². The number of aliphatic hydroxyl groups is 1. The zero-order valence-electron chi connectivity index (χ0n) is 11.5. The predicted octanol–water partition coefficient (Wildman–Crippen LogP) is 1.29. The van der Waals surface area contributed by atoms with Gasteiger partial charge in [0.25, 0.3) is 0 Å². The largest absolute Gasteiger partial charge is 0.409 e. The Labute approximate surface area is 109 Å². The van der Waals surface area contributed by atoms with Crippen LogP contribution in [0.2, 0.25) is 0 Å². The van der Waals surface area contributed by atoms with Crippen molar-refractivity contribution in [1.82, 2.24) is 5.32 Å². The molecular weight excluding hydrogens is 230 g/mol. The van der Waals surface area contributed by atoms with Crippen molar-refractivity contribution >= 4 is 5.84 Å². The molecule has 0 amide bonds. The topological polar surface area (TPSA) is 90.9 Å². The number of hydrogen-bond donors (Lipinski definition) is 4. The second-order valence-corrected chi connectivity index (χ2v) is 5.63. The van der Waals surface area contributed by atoms with E-state index in [4.69, 9.17) is 10.9 Å². The lowest BCUT2D eigenvalue weighted by atomic mass is 9.78.